The number of aliphatic carboxylic acids is 1. The standard InChI is InChI=1S/C55H55F5O18/c56-32-18-16-28(17-19-32)21-66-24-38-45(42(63)43(64)53(72-38)71-27-41(61)62)75-54-44(65)48(46-39(73-54)26-70-52(77-46)34-12-3-6-15-37(34)60)78-55-50(68-23-31-9-2-5-14-36(31)59)49(67-22-30-8-1-4-13-35(30)58)47-40(74-55)25-69-51(76-47)29-10-7-11-33(57)20-29/h1-20,38-40,42-55,63-65H,21-27H2,(H,61,62)/t38-,39-,40-,42-,43-,44-,45-,46+,47+,48-,49+,50-,51+,52+,53+,54-,55-/m1/s1. The number of aliphatic hydroxyl groups is 3. The lowest BCUT2D eigenvalue weighted by Crippen LogP contribution is -2.69. The van der Waals surface area contributed by atoms with Crippen LogP contribution in [0.5, 0.6) is 0 Å². The molecule has 5 heterocycles. The Labute approximate surface area is 442 Å². The summed E-state index contributed by atoms with van der Waals surface area (Å²) in [6.45, 7) is -2.84. The molecule has 0 radical (unpaired) electrons. The van der Waals surface area contributed by atoms with Crippen molar-refractivity contribution in [2.75, 3.05) is 26.4 Å². The van der Waals surface area contributed by atoms with Crippen molar-refractivity contribution in [3.8, 4) is 0 Å². The van der Waals surface area contributed by atoms with Crippen LogP contribution in [-0.4, -0.2) is 145 Å². The molecule has 5 aliphatic rings. The molecule has 418 valence electrons. The Morgan fingerprint density at radius 3 is 1.79 bits per heavy atom. The first kappa shape index (κ1) is 55.9. The van der Waals surface area contributed by atoms with E-state index in [-0.39, 0.29) is 43.1 Å². The van der Waals surface area contributed by atoms with Crippen LogP contribution in [0.3, 0.4) is 0 Å². The monoisotopic (exact) mass is 1100 g/mol. The Bertz CT molecular complexity index is 2780. The first-order valence-corrected chi connectivity index (χ1v) is 25.0. The molecule has 0 aliphatic carbocycles. The summed E-state index contributed by atoms with van der Waals surface area (Å²) in [4.78, 5) is 11.5. The Balaban J connectivity index is 0.987. The largest absolute Gasteiger partial charge is 0.480 e. The lowest BCUT2D eigenvalue weighted by Gasteiger charge is -2.52. The van der Waals surface area contributed by atoms with E-state index < -0.39 is 160 Å². The van der Waals surface area contributed by atoms with Gasteiger partial charge in [-0.25, -0.2) is 26.7 Å². The summed E-state index contributed by atoms with van der Waals surface area (Å²) in [7, 11) is 0. The van der Waals surface area contributed by atoms with E-state index in [4.69, 9.17) is 61.6 Å². The van der Waals surface area contributed by atoms with Gasteiger partial charge in [-0.05, 0) is 48.0 Å². The Kier molecular flexibility index (Phi) is 18.2. The minimum absolute atomic E-state index is 0.0176. The molecule has 5 aromatic carbocycles. The number of carbonyl (C=O) groups is 1. The Morgan fingerprint density at radius 1 is 0.526 bits per heavy atom. The van der Waals surface area contributed by atoms with Gasteiger partial charge in [0, 0.05) is 22.3 Å². The average molecular weight is 1100 g/mol. The Morgan fingerprint density at radius 2 is 1.13 bits per heavy atom. The predicted octanol–water partition coefficient (Wildman–Crippen LogP) is 5.43. The second-order valence-electron chi connectivity index (χ2n) is 19.0. The highest BCUT2D eigenvalue weighted by molar-refractivity contribution is 5.68. The summed E-state index contributed by atoms with van der Waals surface area (Å²) in [5.74, 6) is -4.38. The average Bonchev–Trinajstić information content (AvgIpc) is 3.53. The van der Waals surface area contributed by atoms with Crippen LogP contribution in [0.4, 0.5) is 22.0 Å². The third-order valence-corrected chi connectivity index (χ3v) is 13.7. The lowest BCUT2D eigenvalue weighted by molar-refractivity contribution is -0.417. The molecule has 5 aliphatic heterocycles. The van der Waals surface area contributed by atoms with Crippen LogP contribution in [-0.2, 0) is 86.2 Å². The van der Waals surface area contributed by atoms with Gasteiger partial charge >= 0.3 is 5.97 Å². The summed E-state index contributed by atoms with van der Waals surface area (Å²) < 4.78 is 156. The number of halogens is 5. The molecule has 0 bridgehead atoms. The summed E-state index contributed by atoms with van der Waals surface area (Å²) in [6, 6.07) is 28.2. The van der Waals surface area contributed by atoms with Gasteiger partial charge in [-0.15, -0.1) is 0 Å². The van der Waals surface area contributed by atoms with Gasteiger partial charge in [-0.2, -0.15) is 0 Å². The smallest absolute Gasteiger partial charge is 0.329 e. The summed E-state index contributed by atoms with van der Waals surface area (Å²) in [5.41, 5.74) is 1.06. The first-order chi connectivity index (χ1) is 37.8. The van der Waals surface area contributed by atoms with E-state index in [1.807, 2.05) is 0 Å². The number of hydrogen-bond acceptors (Lipinski definition) is 17. The van der Waals surface area contributed by atoms with E-state index in [9.17, 15) is 34.0 Å². The van der Waals surface area contributed by atoms with E-state index in [0.29, 0.717) is 11.1 Å². The predicted molar refractivity (Wildman–Crippen MR) is 253 cm³/mol. The van der Waals surface area contributed by atoms with Crippen LogP contribution >= 0.6 is 0 Å². The molecule has 17 atom stereocenters. The number of hydrogen-bond donors (Lipinski definition) is 4. The van der Waals surface area contributed by atoms with Crippen LogP contribution < -0.4 is 0 Å². The molecule has 0 spiro atoms. The van der Waals surface area contributed by atoms with Crippen molar-refractivity contribution in [2.45, 2.75) is 125 Å². The molecule has 0 aromatic heterocycles. The van der Waals surface area contributed by atoms with Crippen molar-refractivity contribution >= 4 is 5.97 Å². The van der Waals surface area contributed by atoms with Crippen LogP contribution in [0.2, 0.25) is 0 Å². The number of aliphatic hydroxyl groups excluding tert-OH is 3. The van der Waals surface area contributed by atoms with Gasteiger partial charge in [-0.1, -0.05) is 78.9 Å². The van der Waals surface area contributed by atoms with Gasteiger partial charge in [0.05, 0.1) is 39.6 Å². The maximum absolute atomic E-state index is 15.4. The van der Waals surface area contributed by atoms with E-state index in [2.05, 4.69) is 0 Å². The molecule has 5 aromatic rings. The molecular weight excluding hydrogens is 1040 g/mol. The van der Waals surface area contributed by atoms with Crippen molar-refractivity contribution in [2.24, 2.45) is 0 Å². The molecule has 0 amide bonds. The van der Waals surface area contributed by atoms with Gasteiger partial charge < -0.3 is 82.0 Å². The van der Waals surface area contributed by atoms with Crippen LogP contribution in [0.25, 0.3) is 0 Å². The molecule has 18 nitrogen and oxygen atoms in total. The van der Waals surface area contributed by atoms with Gasteiger partial charge in [0.15, 0.2) is 31.5 Å². The maximum atomic E-state index is 15.4. The van der Waals surface area contributed by atoms with Crippen LogP contribution in [0, 0.1) is 29.1 Å². The number of ether oxygens (including phenoxy) is 13. The highest BCUT2D eigenvalue weighted by Gasteiger charge is 2.58. The quantitative estimate of drug-likeness (QED) is 0.0759. The number of carboxylic acids is 1. The Hall–Kier alpha value is -5.42. The zero-order chi connectivity index (χ0) is 54.5. The third kappa shape index (κ3) is 12.9. The number of fused-ring (bicyclic) bond motifs is 2. The second-order valence-corrected chi connectivity index (χ2v) is 19.0. The molecule has 5 saturated heterocycles. The molecule has 4 N–H and O–H groups in total. The van der Waals surface area contributed by atoms with Crippen LogP contribution in [0.15, 0.2) is 121 Å². The topological polar surface area (TPSA) is 218 Å². The van der Waals surface area contributed by atoms with Crippen molar-refractivity contribution in [1.82, 2.24) is 0 Å². The van der Waals surface area contributed by atoms with Crippen molar-refractivity contribution in [3.63, 3.8) is 0 Å². The number of rotatable bonds is 19. The normalized spacial score (nSPS) is 32.9. The molecule has 5 fully saturated rings. The summed E-state index contributed by atoms with van der Waals surface area (Å²) in [5, 5.41) is 44.9. The fourth-order valence-electron chi connectivity index (χ4n) is 9.78. The second kappa shape index (κ2) is 25.4. The van der Waals surface area contributed by atoms with E-state index in [1.165, 1.54) is 97.1 Å². The minimum atomic E-state index is -1.97. The summed E-state index contributed by atoms with van der Waals surface area (Å²) in [6.07, 6.45) is -25.9. The highest BCUT2D eigenvalue weighted by Crippen LogP contribution is 2.42. The van der Waals surface area contributed by atoms with Crippen molar-refractivity contribution in [1.29, 1.82) is 0 Å². The van der Waals surface area contributed by atoms with Crippen molar-refractivity contribution < 1.29 is 109 Å². The van der Waals surface area contributed by atoms with Crippen LogP contribution in [0.1, 0.15) is 40.4 Å². The zero-order valence-electron chi connectivity index (χ0n) is 41.2. The van der Waals surface area contributed by atoms with E-state index in [0.717, 1.165) is 0 Å². The van der Waals surface area contributed by atoms with Gasteiger partial charge in [-0.3, -0.25) is 0 Å². The maximum Gasteiger partial charge on any atom is 0.329 e. The first-order valence-electron chi connectivity index (χ1n) is 25.0. The minimum Gasteiger partial charge on any atom is -0.480 e. The van der Waals surface area contributed by atoms with Gasteiger partial charge in [0.2, 0.25) is 0 Å². The molecule has 23 heteroatoms. The highest BCUT2D eigenvalue weighted by atomic mass is 19.1. The third-order valence-electron chi connectivity index (χ3n) is 13.7. The zero-order valence-corrected chi connectivity index (χ0v) is 41.2. The van der Waals surface area contributed by atoms with Crippen molar-refractivity contribution in [3.05, 3.63) is 178 Å². The molecule has 0 saturated carbocycles. The van der Waals surface area contributed by atoms with Gasteiger partial charge in [0.1, 0.15) is 109 Å². The molecular formula is C55H55F5O18. The SMILES string of the molecule is O=C(O)CO[C@H]1O[C@H](COCc2ccc(F)cc2)[C@@H](O[C@H]2O[C@@H]3CO[C@H](c4ccccc4F)O[C@@H]3[C@H](O[C@H]3O[C@@H]4CO[C@H](c5cccc(F)c5)O[C@@H]4[C@H](OCc4ccccc4F)[C@H]3OCc3ccccc3F)[C@H]2O)[C@H](O)[C@H]1O. The fraction of sp³-hybridized carbons (Fsp3) is 0.436. The lowest BCUT2D eigenvalue weighted by atomic mass is 9.94. The number of benzene rings is 5. The molecule has 0 unspecified atom stereocenters. The summed E-state index contributed by atoms with van der Waals surface area (Å²) >= 11 is 0. The van der Waals surface area contributed by atoms with E-state index >= 15 is 13.2 Å². The molecule has 10 rings (SSSR count). The van der Waals surface area contributed by atoms with Gasteiger partial charge in [0.25, 0.3) is 0 Å². The van der Waals surface area contributed by atoms with E-state index in [1.54, 1.807) is 24.3 Å². The number of carboxylic acid groups (broad SMARTS) is 1. The fourth-order valence-corrected chi connectivity index (χ4v) is 9.78. The molecule has 78 heavy (non-hydrogen) atoms.